The number of aromatic nitrogens is 2. The Morgan fingerprint density at radius 2 is 1.95 bits per heavy atom. The number of nitrogens with one attached hydrogen (secondary N) is 1. The van der Waals surface area contributed by atoms with Crippen LogP contribution in [0, 0.1) is 5.82 Å². The monoisotopic (exact) mass is 353 g/mol. The van der Waals surface area contributed by atoms with Crippen molar-refractivity contribution in [2.45, 2.75) is 9.79 Å². The molecule has 0 unspecified atom stereocenters. The second-order valence-electron chi connectivity index (χ2n) is 4.04. The van der Waals surface area contributed by atoms with Crippen LogP contribution in [0.4, 0.5) is 10.1 Å². The van der Waals surface area contributed by atoms with Gasteiger partial charge in [0.1, 0.15) is 15.6 Å². The zero-order valence-electron chi connectivity index (χ0n) is 10.5. The van der Waals surface area contributed by atoms with E-state index in [1.165, 1.54) is 10.9 Å². The van der Waals surface area contributed by atoms with Crippen molar-refractivity contribution in [3.05, 3.63) is 36.4 Å². The summed E-state index contributed by atoms with van der Waals surface area (Å²) in [7, 11) is -1.61. The SMILES string of the molecule is Cn1cc(S(=O)(=O)Nc2ccc(S(=O)(=O)Cl)c(F)c2)cn1. The molecule has 114 valence electrons. The summed E-state index contributed by atoms with van der Waals surface area (Å²) in [4.78, 5) is -0.840. The number of nitrogens with zero attached hydrogens (tertiary/aromatic N) is 2. The van der Waals surface area contributed by atoms with Crippen LogP contribution in [-0.2, 0) is 26.1 Å². The normalized spacial score (nSPS) is 12.3. The van der Waals surface area contributed by atoms with Crippen molar-refractivity contribution in [3.63, 3.8) is 0 Å². The number of sulfonamides is 1. The van der Waals surface area contributed by atoms with Gasteiger partial charge in [-0.25, -0.2) is 21.2 Å². The van der Waals surface area contributed by atoms with Crippen molar-refractivity contribution in [1.29, 1.82) is 0 Å². The lowest BCUT2D eigenvalue weighted by Crippen LogP contribution is -2.12. The summed E-state index contributed by atoms with van der Waals surface area (Å²) < 4.78 is 63.1. The van der Waals surface area contributed by atoms with Crippen molar-refractivity contribution in [1.82, 2.24) is 9.78 Å². The van der Waals surface area contributed by atoms with E-state index in [9.17, 15) is 21.2 Å². The first-order chi connectivity index (χ1) is 9.59. The molecule has 0 atom stereocenters. The van der Waals surface area contributed by atoms with E-state index in [4.69, 9.17) is 10.7 Å². The first-order valence-corrected chi connectivity index (χ1v) is 9.14. The Kier molecular flexibility index (Phi) is 3.95. The second kappa shape index (κ2) is 5.28. The molecule has 0 saturated carbocycles. The van der Waals surface area contributed by atoms with Gasteiger partial charge in [0.2, 0.25) is 0 Å². The van der Waals surface area contributed by atoms with Gasteiger partial charge in [-0.3, -0.25) is 9.40 Å². The maximum atomic E-state index is 13.6. The average molecular weight is 354 g/mol. The first kappa shape index (κ1) is 15.7. The third-order valence-corrected chi connectivity index (χ3v) is 5.13. The molecule has 1 aromatic carbocycles. The van der Waals surface area contributed by atoms with Crippen molar-refractivity contribution in [2.24, 2.45) is 7.05 Å². The summed E-state index contributed by atoms with van der Waals surface area (Å²) in [5, 5.41) is 3.72. The molecule has 0 saturated heterocycles. The second-order valence-corrected chi connectivity index (χ2v) is 8.26. The summed E-state index contributed by atoms with van der Waals surface area (Å²) >= 11 is 0. The van der Waals surface area contributed by atoms with E-state index < -0.39 is 29.8 Å². The van der Waals surface area contributed by atoms with E-state index in [0.717, 1.165) is 24.4 Å². The predicted molar refractivity (Wildman–Crippen MR) is 73.5 cm³/mol. The molecule has 0 amide bonds. The van der Waals surface area contributed by atoms with Gasteiger partial charge in [0.15, 0.2) is 0 Å². The molecule has 1 aromatic heterocycles. The molecule has 2 aromatic rings. The van der Waals surface area contributed by atoms with Crippen molar-refractivity contribution < 1.29 is 21.2 Å². The number of hydrogen-bond donors (Lipinski definition) is 1. The highest BCUT2D eigenvalue weighted by atomic mass is 35.7. The van der Waals surface area contributed by atoms with E-state index >= 15 is 0 Å². The van der Waals surface area contributed by atoms with Gasteiger partial charge in [0.05, 0.1) is 11.9 Å². The fourth-order valence-electron chi connectivity index (χ4n) is 1.51. The number of aryl methyl sites for hydroxylation is 1. The lowest BCUT2D eigenvalue weighted by Gasteiger charge is -2.07. The van der Waals surface area contributed by atoms with Crippen LogP contribution in [0.1, 0.15) is 0 Å². The summed E-state index contributed by atoms with van der Waals surface area (Å²) in [6, 6.07) is 2.69. The molecule has 7 nitrogen and oxygen atoms in total. The van der Waals surface area contributed by atoms with E-state index in [0.29, 0.717) is 0 Å². The van der Waals surface area contributed by atoms with Crippen LogP contribution >= 0.6 is 10.7 Å². The minimum atomic E-state index is -4.24. The largest absolute Gasteiger partial charge is 0.279 e. The fraction of sp³-hybridized carbons (Fsp3) is 0.100. The third kappa shape index (κ3) is 3.52. The number of halogens is 2. The van der Waals surface area contributed by atoms with Gasteiger partial charge in [0, 0.05) is 23.9 Å². The molecule has 1 heterocycles. The summed E-state index contributed by atoms with van der Waals surface area (Å²) in [6.07, 6.45) is 2.38. The molecule has 21 heavy (non-hydrogen) atoms. The van der Waals surface area contributed by atoms with Gasteiger partial charge in [-0.05, 0) is 18.2 Å². The highest BCUT2D eigenvalue weighted by Gasteiger charge is 2.20. The minimum absolute atomic E-state index is 0.112. The van der Waals surface area contributed by atoms with E-state index in [1.54, 1.807) is 7.05 Å². The Morgan fingerprint density at radius 1 is 1.29 bits per heavy atom. The molecule has 2 rings (SSSR count). The van der Waals surface area contributed by atoms with E-state index in [1.807, 2.05) is 0 Å². The van der Waals surface area contributed by atoms with Gasteiger partial charge in [-0.1, -0.05) is 0 Å². The zero-order chi connectivity index (χ0) is 15.8. The molecule has 0 radical (unpaired) electrons. The smallest absolute Gasteiger partial charge is 0.265 e. The Morgan fingerprint density at radius 3 is 2.43 bits per heavy atom. The van der Waals surface area contributed by atoms with Crippen molar-refractivity contribution in [2.75, 3.05) is 4.72 Å². The first-order valence-electron chi connectivity index (χ1n) is 5.35. The van der Waals surface area contributed by atoms with Crippen molar-refractivity contribution in [3.8, 4) is 0 Å². The molecular formula is C10H9ClFN3O4S2. The van der Waals surface area contributed by atoms with Gasteiger partial charge in [-0.2, -0.15) is 5.10 Å². The molecule has 0 aliphatic carbocycles. The Bertz CT molecular complexity index is 893. The van der Waals surface area contributed by atoms with Crippen LogP contribution in [0.3, 0.4) is 0 Å². The molecule has 0 bridgehead atoms. The lowest BCUT2D eigenvalue weighted by molar-refractivity contribution is 0.576. The van der Waals surface area contributed by atoms with Gasteiger partial charge in [-0.15, -0.1) is 0 Å². The summed E-state index contributed by atoms with van der Waals surface area (Å²) in [6.45, 7) is 0. The van der Waals surface area contributed by atoms with Crippen LogP contribution < -0.4 is 4.72 Å². The molecule has 11 heteroatoms. The standard InChI is InChI=1S/C10H9ClFN3O4S2/c1-15-6-8(5-13-15)21(18,19)14-7-2-3-10(9(12)4-7)20(11,16)17/h2-6,14H,1H3. The predicted octanol–water partition coefficient (Wildman–Crippen LogP) is 1.29. The minimum Gasteiger partial charge on any atom is -0.279 e. The molecule has 0 spiro atoms. The van der Waals surface area contributed by atoms with E-state index in [-0.39, 0.29) is 10.6 Å². The lowest BCUT2D eigenvalue weighted by atomic mass is 10.3. The third-order valence-electron chi connectivity index (χ3n) is 2.44. The van der Waals surface area contributed by atoms with Crippen LogP contribution in [0.15, 0.2) is 40.4 Å². The fourth-order valence-corrected chi connectivity index (χ4v) is 3.44. The maximum absolute atomic E-state index is 13.6. The van der Waals surface area contributed by atoms with Gasteiger partial charge < -0.3 is 0 Å². The zero-order valence-corrected chi connectivity index (χ0v) is 12.9. The highest BCUT2D eigenvalue weighted by molar-refractivity contribution is 8.13. The quantitative estimate of drug-likeness (QED) is 0.835. The highest BCUT2D eigenvalue weighted by Crippen LogP contribution is 2.23. The molecule has 0 aliphatic heterocycles. The Labute approximate surface area is 124 Å². The van der Waals surface area contributed by atoms with Crippen LogP contribution in [0.2, 0.25) is 0 Å². The Hall–Kier alpha value is -1.65. The van der Waals surface area contributed by atoms with Crippen LogP contribution in [0.25, 0.3) is 0 Å². The van der Waals surface area contributed by atoms with Gasteiger partial charge >= 0.3 is 0 Å². The van der Waals surface area contributed by atoms with E-state index in [2.05, 4.69) is 9.82 Å². The Balaban J connectivity index is 2.35. The summed E-state index contributed by atoms with van der Waals surface area (Å²) in [5.41, 5.74) is -0.139. The number of rotatable bonds is 4. The molecule has 1 N–H and O–H groups in total. The average Bonchev–Trinajstić information content (AvgIpc) is 2.74. The molecular weight excluding hydrogens is 345 g/mol. The summed E-state index contributed by atoms with van der Waals surface area (Å²) in [5.74, 6) is -1.16. The van der Waals surface area contributed by atoms with Crippen LogP contribution in [0.5, 0.6) is 0 Å². The maximum Gasteiger partial charge on any atom is 0.265 e. The van der Waals surface area contributed by atoms with Crippen molar-refractivity contribution >= 4 is 35.4 Å². The molecule has 0 aliphatic rings. The van der Waals surface area contributed by atoms with Gasteiger partial charge in [0.25, 0.3) is 19.1 Å². The topological polar surface area (TPSA) is 98.1 Å². The number of hydrogen-bond acceptors (Lipinski definition) is 5. The number of benzene rings is 1. The van der Waals surface area contributed by atoms with Crippen LogP contribution in [-0.4, -0.2) is 26.6 Å². The molecule has 0 fully saturated rings. The number of anilines is 1.